The van der Waals surface area contributed by atoms with Crippen LogP contribution in [0.25, 0.3) is 0 Å². The van der Waals surface area contributed by atoms with Gasteiger partial charge in [-0.2, -0.15) is 5.10 Å². The number of nitrogens with one attached hydrogen (secondary N) is 1. The molecular weight excluding hydrogens is 306 g/mol. The molecule has 1 saturated carbocycles. The number of rotatable bonds is 3. The quantitative estimate of drug-likeness (QED) is 0.351. The SMILES string of the molecule is CCOC(=O)N1CCC2(CC(N3CCC(N/C(C)=N\N)CC3)C2)C1. The minimum atomic E-state index is -0.137. The summed E-state index contributed by atoms with van der Waals surface area (Å²) in [7, 11) is 0. The number of nitrogens with two attached hydrogens (primary N) is 1. The molecule has 2 heterocycles. The summed E-state index contributed by atoms with van der Waals surface area (Å²) in [5.41, 5.74) is 0.356. The third kappa shape index (κ3) is 3.61. The summed E-state index contributed by atoms with van der Waals surface area (Å²) < 4.78 is 5.13. The molecular formula is C17H31N5O2. The van der Waals surface area contributed by atoms with Crippen LogP contribution in [-0.2, 0) is 4.74 Å². The Morgan fingerprint density at radius 2 is 2.04 bits per heavy atom. The summed E-state index contributed by atoms with van der Waals surface area (Å²) in [5, 5.41) is 7.08. The summed E-state index contributed by atoms with van der Waals surface area (Å²) in [6.45, 7) is 8.25. The molecule has 1 amide bonds. The molecule has 0 aromatic heterocycles. The Morgan fingerprint density at radius 3 is 2.67 bits per heavy atom. The molecule has 3 N–H and O–H groups in total. The Balaban J connectivity index is 1.41. The van der Waals surface area contributed by atoms with E-state index in [1.807, 2.05) is 18.7 Å². The van der Waals surface area contributed by atoms with Crippen molar-refractivity contribution in [2.24, 2.45) is 16.4 Å². The van der Waals surface area contributed by atoms with Crippen LogP contribution < -0.4 is 11.2 Å². The number of piperidine rings is 1. The maximum Gasteiger partial charge on any atom is 0.409 e. The molecule has 136 valence electrons. The average Bonchev–Trinajstić information content (AvgIpc) is 3.00. The lowest BCUT2D eigenvalue weighted by atomic mass is 9.64. The fraction of sp³-hybridized carbons (Fsp3) is 0.882. The molecule has 1 aliphatic carbocycles. The molecule has 3 fully saturated rings. The number of hydrogen-bond acceptors (Lipinski definition) is 5. The molecule has 0 atom stereocenters. The summed E-state index contributed by atoms with van der Waals surface area (Å²) in [6, 6.07) is 1.19. The van der Waals surface area contributed by atoms with Crippen LogP contribution in [0.5, 0.6) is 0 Å². The van der Waals surface area contributed by atoms with Gasteiger partial charge in [-0.05, 0) is 51.4 Å². The predicted octanol–water partition coefficient (Wildman–Crippen LogP) is 1.34. The molecule has 2 aliphatic heterocycles. The van der Waals surface area contributed by atoms with Gasteiger partial charge in [-0.25, -0.2) is 4.79 Å². The van der Waals surface area contributed by atoms with Gasteiger partial charge in [-0.3, -0.25) is 0 Å². The van der Waals surface area contributed by atoms with Crippen LogP contribution in [0.2, 0.25) is 0 Å². The van der Waals surface area contributed by atoms with E-state index < -0.39 is 0 Å². The summed E-state index contributed by atoms with van der Waals surface area (Å²) in [6.07, 6.45) is 5.74. The molecule has 0 unspecified atom stereocenters. The van der Waals surface area contributed by atoms with Gasteiger partial charge in [-0.15, -0.1) is 0 Å². The van der Waals surface area contributed by atoms with Gasteiger partial charge >= 0.3 is 6.09 Å². The fourth-order valence-corrected chi connectivity index (χ4v) is 4.58. The number of carbonyl (C=O) groups is 1. The van der Waals surface area contributed by atoms with E-state index in [-0.39, 0.29) is 6.09 Å². The van der Waals surface area contributed by atoms with Crippen molar-refractivity contribution >= 4 is 11.9 Å². The molecule has 0 aromatic rings. The second-order valence-corrected chi connectivity index (χ2v) is 7.60. The fourth-order valence-electron chi connectivity index (χ4n) is 4.58. The van der Waals surface area contributed by atoms with Gasteiger partial charge in [-0.1, -0.05) is 0 Å². The van der Waals surface area contributed by atoms with E-state index >= 15 is 0 Å². The van der Waals surface area contributed by atoms with E-state index in [1.165, 1.54) is 12.8 Å². The van der Waals surface area contributed by atoms with Gasteiger partial charge in [0.25, 0.3) is 0 Å². The average molecular weight is 337 g/mol. The van der Waals surface area contributed by atoms with E-state index in [0.29, 0.717) is 24.1 Å². The Hall–Kier alpha value is -1.50. The number of amidine groups is 1. The maximum atomic E-state index is 11.9. The van der Waals surface area contributed by atoms with Gasteiger partial charge in [0.15, 0.2) is 0 Å². The van der Waals surface area contributed by atoms with Crippen molar-refractivity contribution < 1.29 is 9.53 Å². The molecule has 1 spiro atoms. The third-order valence-electron chi connectivity index (χ3n) is 5.95. The van der Waals surface area contributed by atoms with E-state index in [4.69, 9.17) is 10.6 Å². The van der Waals surface area contributed by atoms with Crippen LogP contribution in [0.15, 0.2) is 5.10 Å². The van der Waals surface area contributed by atoms with E-state index in [2.05, 4.69) is 15.3 Å². The van der Waals surface area contributed by atoms with Crippen LogP contribution in [-0.4, -0.2) is 66.6 Å². The molecule has 3 rings (SSSR count). The molecule has 0 bridgehead atoms. The molecule has 3 aliphatic rings. The molecule has 2 saturated heterocycles. The lowest BCUT2D eigenvalue weighted by molar-refractivity contribution is -0.00522. The minimum Gasteiger partial charge on any atom is -0.450 e. The molecule has 7 heteroatoms. The standard InChI is InChI=1S/C17H31N5O2/c1-3-24-16(23)22-9-6-17(12-22)10-15(11-17)21-7-4-14(5-8-21)19-13(2)20-18/h14-15H,3-12,18H2,1-2H3,(H,19,20). The first kappa shape index (κ1) is 17.3. The number of carbonyl (C=O) groups excluding carboxylic acids is 1. The normalized spacial score (nSPS) is 32.0. The minimum absolute atomic E-state index is 0.137. The van der Waals surface area contributed by atoms with E-state index in [0.717, 1.165) is 51.3 Å². The highest BCUT2D eigenvalue weighted by atomic mass is 16.6. The Labute approximate surface area is 144 Å². The Bertz CT molecular complexity index is 481. The van der Waals surface area contributed by atoms with Gasteiger partial charge < -0.3 is 25.7 Å². The van der Waals surface area contributed by atoms with Crippen LogP contribution in [0.4, 0.5) is 4.79 Å². The van der Waals surface area contributed by atoms with Crippen molar-refractivity contribution in [1.82, 2.24) is 15.1 Å². The zero-order valence-electron chi connectivity index (χ0n) is 15.0. The maximum absolute atomic E-state index is 11.9. The first-order valence-electron chi connectivity index (χ1n) is 9.22. The van der Waals surface area contributed by atoms with Gasteiger partial charge in [0.1, 0.15) is 5.84 Å². The predicted molar refractivity (Wildman–Crippen MR) is 93.7 cm³/mol. The summed E-state index contributed by atoms with van der Waals surface area (Å²) >= 11 is 0. The van der Waals surface area contributed by atoms with Crippen LogP contribution >= 0.6 is 0 Å². The van der Waals surface area contributed by atoms with Crippen molar-refractivity contribution in [3.63, 3.8) is 0 Å². The monoisotopic (exact) mass is 337 g/mol. The Kier molecular flexibility index (Phi) is 5.18. The highest BCUT2D eigenvalue weighted by molar-refractivity contribution is 5.79. The summed E-state index contributed by atoms with van der Waals surface area (Å²) in [5.74, 6) is 6.11. The second-order valence-electron chi connectivity index (χ2n) is 7.60. The van der Waals surface area contributed by atoms with Crippen LogP contribution in [0.1, 0.15) is 46.0 Å². The van der Waals surface area contributed by atoms with E-state index in [9.17, 15) is 4.79 Å². The topological polar surface area (TPSA) is 83.2 Å². The van der Waals surface area contributed by atoms with Crippen molar-refractivity contribution in [3.05, 3.63) is 0 Å². The highest BCUT2D eigenvalue weighted by Crippen LogP contribution is 2.50. The lowest BCUT2D eigenvalue weighted by Crippen LogP contribution is -2.55. The number of nitrogens with zero attached hydrogens (tertiary/aromatic N) is 3. The number of hydrogen-bond donors (Lipinski definition) is 2. The van der Waals surface area contributed by atoms with Crippen molar-refractivity contribution in [3.8, 4) is 0 Å². The zero-order chi connectivity index (χ0) is 17.2. The van der Waals surface area contributed by atoms with E-state index in [1.54, 1.807) is 0 Å². The van der Waals surface area contributed by atoms with Gasteiger partial charge in [0.05, 0.1) is 6.61 Å². The molecule has 24 heavy (non-hydrogen) atoms. The summed E-state index contributed by atoms with van der Waals surface area (Å²) in [4.78, 5) is 16.4. The Morgan fingerprint density at radius 1 is 1.33 bits per heavy atom. The highest BCUT2D eigenvalue weighted by Gasteiger charge is 2.51. The first-order chi connectivity index (χ1) is 11.5. The molecule has 0 radical (unpaired) electrons. The first-order valence-corrected chi connectivity index (χ1v) is 9.22. The van der Waals surface area contributed by atoms with Gasteiger partial charge in [0, 0.05) is 38.3 Å². The lowest BCUT2D eigenvalue weighted by Gasteiger charge is -2.51. The van der Waals surface area contributed by atoms with Crippen molar-refractivity contribution in [1.29, 1.82) is 0 Å². The molecule has 0 aromatic carbocycles. The van der Waals surface area contributed by atoms with Crippen LogP contribution in [0, 0.1) is 5.41 Å². The molecule has 7 nitrogen and oxygen atoms in total. The zero-order valence-corrected chi connectivity index (χ0v) is 15.0. The van der Waals surface area contributed by atoms with Gasteiger partial charge in [0.2, 0.25) is 0 Å². The van der Waals surface area contributed by atoms with Crippen molar-refractivity contribution in [2.45, 2.75) is 58.0 Å². The second kappa shape index (κ2) is 7.17. The van der Waals surface area contributed by atoms with Crippen LogP contribution in [0.3, 0.4) is 0 Å². The number of ether oxygens (including phenoxy) is 1. The smallest absolute Gasteiger partial charge is 0.409 e. The third-order valence-corrected chi connectivity index (χ3v) is 5.95. The largest absolute Gasteiger partial charge is 0.450 e. The van der Waals surface area contributed by atoms with Crippen molar-refractivity contribution in [2.75, 3.05) is 32.8 Å². The number of amides is 1. The number of hydrazone groups is 1. The number of likely N-dealkylation sites (tertiary alicyclic amines) is 2.